The molecule has 1 saturated heterocycles. The zero-order valence-corrected chi connectivity index (χ0v) is 14.4. The number of phenolic OH excluding ortho intramolecular Hbond substituents is 1. The standard InChI is InChI=1S/C18H24N4O3/c1-25-16-11-13(4-5-15(16)24)6-8-19-18-20-9-7-17(21-18)22-10-2-3-14(23)12-22/h4-5,7,9,11,14,23-24H,2-3,6,8,10,12H2,1H3,(H,19,20,21)/t14-/m0/s1. The number of aromatic hydroxyl groups is 1. The summed E-state index contributed by atoms with van der Waals surface area (Å²) in [6.45, 7) is 2.19. The van der Waals surface area contributed by atoms with Crippen molar-refractivity contribution in [3.8, 4) is 11.5 Å². The van der Waals surface area contributed by atoms with Crippen molar-refractivity contribution in [2.75, 3.05) is 37.0 Å². The summed E-state index contributed by atoms with van der Waals surface area (Å²) in [5.74, 6) is 2.02. The molecule has 1 aromatic carbocycles. The topological polar surface area (TPSA) is 90.7 Å². The number of aliphatic hydroxyl groups is 1. The zero-order chi connectivity index (χ0) is 17.6. The van der Waals surface area contributed by atoms with Crippen LogP contribution in [0.3, 0.4) is 0 Å². The molecule has 0 saturated carbocycles. The number of hydrogen-bond donors (Lipinski definition) is 3. The van der Waals surface area contributed by atoms with E-state index in [1.807, 2.05) is 18.2 Å². The van der Waals surface area contributed by atoms with Crippen molar-refractivity contribution in [1.82, 2.24) is 9.97 Å². The van der Waals surface area contributed by atoms with Crippen molar-refractivity contribution in [3.05, 3.63) is 36.0 Å². The fourth-order valence-electron chi connectivity index (χ4n) is 2.97. The number of piperidine rings is 1. The third-order valence-corrected chi connectivity index (χ3v) is 4.30. The van der Waals surface area contributed by atoms with E-state index in [1.54, 1.807) is 12.3 Å². The quantitative estimate of drug-likeness (QED) is 0.736. The predicted octanol–water partition coefficient (Wildman–Crippen LogP) is 1.81. The number of rotatable bonds is 6. The molecule has 0 unspecified atom stereocenters. The van der Waals surface area contributed by atoms with Gasteiger partial charge in [-0.3, -0.25) is 0 Å². The lowest BCUT2D eigenvalue weighted by molar-refractivity contribution is 0.154. The first-order valence-electron chi connectivity index (χ1n) is 8.51. The van der Waals surface area contributed by atoms with Crippen molar-refractivity contribution in [1.29, 1.82) is 0 Å². The number of aliphatic hydroxyl groups excluding tert-OH is 1. The van der Waals surface area contributed by atoms with E-state index in [0.29, 0.717) is 24.8 Å². The van der Waals surface area contributed by atoms with Gasteiger partial charge < -0.3 is 25.2 Å². The molecule has 1 aliphatic rings. The van der Waals surface area contributed by atoms with Gasteiger partial charge in [0.15, 0.2) is 11.5 Å². The Kier molecular flexibility index (Phi) is 5.55. The predicted molar refractivity (Wildman–Crippen MR) is 96.3 cm³/mol. The van der Waals surface area contributed by atoms with E-state index in [4.69, 9.17) is 4.74 Å². The highest BCUT2D eigenvalue weighted by Gasteiger charge is 2.19. The molecule has 0 aliphatic carbocycles. The van der Waals surface area contributed by atoms with Crippen LogP contribution in [0, 0.1) is 0 Å². The lowest BCUT2D eigenvalue weighted by Gasteiger charge is -2.31. The summed E-state index contributed by atoms with van der Waals surface area (Å²) >= 11 is 0. The van der Waals surface area contributed by atoms with Crippen LogP contribution in [0.5, 0.6) is 11.5 Å². The minimum Gasteiger partial charge on any atom is -0.504 e. The highest BCUT2D eigenvalue weighted by molar-refractivity contribution is 5.44. The van der Waals surface area contributed by atoms with E-state index in [1.165, 1.54) is 7.11 Å². The van der Waals surface area contributed by atoms with Crippen molar-refractivity contribution < 1.29 is 14.9 Å². The number of benzene rings is 1. The van der Waals surface area contributed by atoms with Crippen LogP contribution < -0.4 is 15.0 Å². The largest absolute Gasteiger partial charge is 0.504 e. The Labute approximate surface area is 147 Å². The second kappa shape index (κ2) is 8.02. The molecular formula is C18H24N4O3. The molecular weight excluding hydrogens is 320 g/mol. The maximum atomic E-state index is 9.81. The molecule has 1 atom stereocenters. The molecule has 0 spiro atoms. The molecule has 1 aromatic heterocycles. The zero-order valence-electron chi connectivity index (χ0n) is 14.4. The Bertz CT molecular complexity index is 710. The number of phenols is 1. The first kappa shape index (κ1) is 17.3. The average molecular weight is 344 g/mol. The summed E-state index contributed by atoms with van der Waals surface area (Å²) in [6.07, 6.45) is 4.02. The van der Waals surface area contributed by atoms with Crippen molar-refractivity contribution in [2.24, 2.45) is 0 Å². The van der Waals surface area contributed by atoms with Crippen LogP contribution in [0.4, 0.5) is 11.8 Å². The van der Waals surface area contributed by atoms with E-state index in [-0.39, 0.29) is 11.9 Å². The number of nitrogens with one attached hydrogen (secondary N) is 1. The highest BCUT2D eigenvalue weighted by Crippen LogP contribution is 2.26. The average Bonchev–Trinajstić information content (AvgIpc) is 2.63. The van der Waals surface area contributed by atoms with E-state index >= 15 is 0 Å². The Balaban J connectivity index is 1.57. The Hall–Kier alpha value is -2.54. The second-order valence-corrected chi connectivity index (χ2v) is 6.16. The molecule has 0 amide bonds. The highest BCUT2D eigenvalue weighted by atomic mass is 16.5. The van der Waals surface area contributed by atoms with E-state index < -0.39 is 0 Å². The van der Waals surface area contributed by atoms with Gasteiger partial charge in [0.2, 0.25) is 5.95 Å². The molecule has 1 fully saturated rings. The lowest BCUT2D eigenvalue weighted by Crippen LogP contribution is -2.38. The number of anilines is 2. The molecule has 0 bridgehead atoms. The lowest BCUT2D eigenvalue weighted by atomic mass is 10.1. The number of aromatic nitrogens is 2. The van der Waals surface area contributed by atoms with Gasteiger partial charge in [-0.25, -0.2) is 4.98 Å². The maximum absolute atomic E-state index is 9.81. The molecule has 7 heteroatoms. The third kappa shape index (κ3) is 4.51. The van der Waals surface area contributed by atoms with Gasteiger partial charge in [0.25, 0.3) is 0 Å². The van der Waals surface area contributed by atoms with Gasteiger partial charge in [0.05, 0.1) is 13.2 Å². The van der Waals surface area contributed by atoms with Crippen molar-refractivity contribution in [3.63, 3.8) is 0 Å². The monoisotopic (exact) mass is 344 g/mol. The van der Waals surface area contributed by atoms with Gasteiger partial charge in [-0.15, -0.1) is 0 Å². The second-order valence-electron chi connectivity index (χ2n) is 6.16. The summed E-state index contributed by atoms with van der Waals surface area (Å²) in [5.41, 5.74) is 1.05. The van der Waals surface area contributed by atoms with Gasteiger partial charge >= 0.3 is 0 Å². The van der Waals surface area contributed by atoms with Gasteiger partial charge in [0, 0.05) is 25.8 Å². The van der Waals surface area contributed by atoms with Crippen LogP contribution in [0.1, 0.15) is 18.4 Å². The summed E-state index contributed by atoms with van der Waals surface area (Å²) in [5, 5.41) is 22.7. The fraction of sp³-hybridized carbons (Fsp3) is 0.444. The smallest absolute Gasteiger partial charge is 0.224 e. The van der Waals surface area contributed by atoms with Crippen LogP contribution in [0.2, 0.25) is 0 Å². The minimum absolute atomic E-state index is 0.138. The number of β-amino-alcohol motifs (C(OH)–C–C–N with tert-alkyl or cyclic N) is 1. The van der Waals surface area contributed by atoms with Crippen LogP contribution in [0.15, 0.2) is 30.5 Å². The summed E-state index contributed by atoms with van der Waals surface area (Å²) in [7, 11) is 1.54. The molecule has 25 heavy (non-hydrogen) atoms. The van der Waals surface area contributed by atoms with Crippen LogP contribution in [-0.4, -0.2) is 53.0 Å². The SMILES string of the molecule is COc1cc(CCNc2nccc(N3CCC[C@H](O)C3)n2)ccc1O. The molecule has 7 nitrogen and oxygen atoms in total. The third-order valence-electron chi connectivity index (χ3n) is 4.30. The fourth-order valence-corrected chi connectivity index (χ4v) is 2.97. The Morgan fingerprint density at radius 3 is 3.04 bits per heavy atom. The number of ether oxygens (including phenoxy) is 1. The molecule has 1 aliphatic heterocycles. The number of methoxy groups -OCH3 is 1. The first-order chi connectivity index (χ1) is 12.2. The molecule has 134 valence electrons. The van der Waals surface area contributed by atoms with Gasteiger partial charge in [-0.2, -0.15) is 4.98 Å². The van der Waals surface area contributed by atoms with Crippen LogP contribution in [-0.2, 0) is 6.42 Å². The molecule has 2 aromatic rings. The van der Waals surface area contributed by atoms with Gasteiger partial charge in [0.1, 0.15) is 5.82 Å². The van der Waals surface area contributed by atoms with E-state index in [0.717, 1.165) is 37.2 Å². The minimum atomic E-state index is -0.287. The van der Waals surface area contributed by atoms with E-state index in [2.05, 4.69) is 20.2 Å². The molecule has 3 N–H and O–H groups in total. The summed E-state index contributed by atoms with van der Waals surface area (Å²) < 4.78 is 5.12. The van der Waals surface area contributed by atoms with Gasteiger partial charge in [-0.1, -0.05) is 6.07 Å². The molecule has 3 rings (SSSR count). The molecule has 0 radical (unpaired) electrons. The van der Waals surface area contributed by atoms with Crippen LogP contribution in [0.25, 0.3) is 0 Å². The number of hydrogen-bond acceptors (Lipinski definition) is 7. The summed E-state index contributed by atoms with van der Waals surface area (Å²) in [6, 6.07) is 7.19. The van der Waals surface area contributed by atoms with Crippen LogP contribution >= 0.6 is 0 Å². The molecule has 2 heterocycles. The van der Waals surface area contributed by atoms with Crippen molar-refractivity contribution >= 4 is 11.8 Å². The van der Waals surface area contributed by atoms with Crippen molar-refractivity contribution in [2.45, 2.75) is 25.4 Å². The summed E-state index contributed by atoms with van der Waals surface area (Å²) in [4.78, 5) is 10.9. The number of nitrogens with zero attached hydrogens (tertiary/aromatic N) is 3. The Morgan fingerprint density at radius 1 is 1.36 bits per heavy atom. The Morgan fingerprint density at radius 2 is 2.24 bits per heavy atom. The maximum Gasteiger partial charge on any atom is 0.224 e. The first-order valence-corrected chi connectivity index (χ1v) is 8.51. The normalized spacial score (nSPS) is 17.4. The van der Waals surface area contributed by atoms with E-state index in [9.17, 15) is 10.2 Å². The van der Waals surface area contributed by atoms with Gasteiger partial charge in [-0.05, 0) is 43.0 Å².